The SMILES string of the molecule is O=[N+]([O-])c1cc(S(=O)(=O)Nc2cccc(Cl)c2)ccc1N/N=C/c1ccc(OC(F)F)cc1. The summed E-state index contributed by atoms with van der Waals surface area (Å²) in [5.41, 5.74) is 2.58. The van der Waals surface area contributed by atoms with Crippen LogP contribution in [0.3, 0.4) is 0 Å². The maximum atomic E-state index is 12.6. The maximum absolute atomic E-state index is 12.6. The third-order valence-electron chi connectivity index (χ3n) is 4.06. The molecule has 0 spiro atoms. The minimum Gasteiger partial charge on any atom is -0.435 e. The van der Waals surface area contributed by atoms with Crippen molar-refractivity contribution in [1.82, 2.24) is 0 Å². The molecule has 9 nitrogen and oxygen atoms in total. The predicted octanol–water partition coefficient (Wildman–Crippen LogP) is 5.10. The second-order valence-electron chi connectivity index (χ2n) is 6.37. The Kier molecular flexibility index (Phi) is 7.41. The van der Waals surface area contributed by atoms with Crippen LogP contribution in [-0.2, 0) is 10.0 Å². The van der Waals surface area contributed by atoms with Gasteiger partial charge in [0.05, 0.1) is 21.7 Å². The van der Waals surface area contributed by atoms with Gasteiger partial charge >= 0.3 is 6.61 Å². The number of nitrogens with one attached hydrogen (secondary N) is 2. The lowest BCUT2D eigenvalue weighted by molar-refractivity contribution is -0.384. The Labute approximate surface area is 191 Å². The van der Waals surface area contributed by atoms with Crippen molar-refractivity contribution < 1.29 is 26.9 Å². The Morgan fingerprint density at radius 3 is 2.45 bits per heavy atom. The fourth-order valence-electron chi connectivity index (χ4n) is 2.60. The molecule has 0 heterocycles. The zero-order valence-electron chi connectivity index (χ0n) is 16.5. The summed E-state index contributed by atoms with van der Waals surface area (Å²) >= 11 is 5.85. The number of alkyl halides is 2. The Morgan fingerprint density at radius 2 is 1.82 bits per heavy atom. The van der Waals surface area contributed by atoms with Gasteiger partial charge in [-0.05, 0) is 60.2 Å². The van der Waals surface area contributed by atoms with Crippen molar-refractivity contribution in [3.8, 4) is 5.75 Å². The van der Waals surface area contributed by atoms with E-state index >= 15 is 0 Å². The number of sulfonamides is 1. The van der Waals surface area contributed by atoms with E-state index < -0.39 is 27.2 Å². The van der Waals surface area contributed by atoms with Gasteiger partial charge in [-0.2, -0.15) is 13.9 Å². The standard InChI is InChI=1S/C20H15ClF2N4O5S/c21-14-2-1-3-15(10-14)26-33(30,31)17-8-9-18(19(11-17)27(28)29)25-24-12-13-4-6-16(7-5-13)32-20(22)23/h1-12,20,25-26H/b24-12+. The highest BCUT2D eigenvalue weighted by Crippen LogP contribution is 2.29. The van der Waals surface area contributed by atoms with Gasteiger partial charge in [0, 0.05) is 11.1 Å². The second-order valence-corrected chi connectivity index (χ2v) is 8.49. The first-order valence-corrected chi connectivity index (χ1v) is 10.9. The van der Waals surface area contributed by atoms with Crippen molar-refractivity contribution in [2.45, 2.75) is 11.5 Å². The van der Waals surface area contributed by atoms with Crippen LogP contribution in [-0.4, -0.2) is 26.2 Å². The van der Waals surface area contributed by atoms with Gasteiger partial charge in [0.2, 0.25) is 0 Å². The van der Waals surface area contributed by atoms with Crippen molar-refractivity contribution in [3.05, 3.63) is 87.4 Å². The number of nitrogens with zero attached hydrogens (tertiary/aromatic N) is 2. The summed E-state index contributed by atoms with van der Waals surface area (Å²) in [5.74, 6) is -0.0334. The predicted molar refractivity (Wildman–Crippen MR) is 120 cm³/mol. The zero-order chi connectivity index (χ0) is 24.0. The third-order valence-corrected chi connectivity index (χ3v) is 5.67. The largest absolute Gasteiger partial charge is 0.435 e. The van der Waals surface area contributed by atoms with Crippen molar-refractivity contribution in [1.29, 1.82) is 0 Å². The minimum atomic E-state index is -4.12. The number of ether oxygens (including phenoxy) is 1. The van der Waals surface area contributed by atoms with E-state index in [4.69, 9.17) is 11.6 Å². The van der Waals surface area contributed by atoms with E-state index in [9.17, 15) is 27.3 Å². The molecule has 172 valence electrons. The highest BCUT2D eigenvalue weighted by Gasteiger charge is 2.21. The van der Waals surface area contributed by atoms with E-state index in [1.54, 1.807) is 12.1 Å². The summed E-state index contributed by atoms with van der Waals surface area (Å²) in [6.07, 6.45) is 1.29. The number of anilines is 2. The van der Waals surface area contributed by atoms with Gasteiger partial charge in [-0.25, -0.2) is 8.42 Å². The molecule has 0 atom stereocenters. The summed E-state index contributed by atoms with van der Waals surface area (Å²) in [6.45, 7) is -2.95. The molecule has 3 rings (SSSR count). The fraction of sp³-hybridized carbons (Fsp3) is 0.0500. The second kappa shape index (κ2) is 10.2. The summed E-state index contributed by atoms with van der Waals surface area (Å²) in [6, 6.07) is 14.8. The quantitative estimate of drug-likeness (QED) is 0.241. The lowest BCUT2D eigenvalue weighted by atomic mass is 10.2. The number of nitro groups is 1. The lowest BCUT2D eigenvalue weighted by Gasteiger charge is -2.09. The number of halogens is 3. The zero-order valence-corrected chi connectivity index (χ0v) is 18.1. The average molecular weight is 497 g/mol. The summed E-state index contributed by atoms with van der Waals surface area (Å²) in [7, 11) is -4.12. The molecule has 0 bridgehead atoms. The molecule has 0 aliphatic carbocycles. The molecule has 3 aromatic rings. The van der Waals surface area contributed by atoms with Crippen LogP contribution in [0.4, 0.5) is 25.8 Å². The van der Waals surface area contributed by atoms with E-state index in [0.717, 1.165) is 6.07 Å². The van der Waals surface area contributed by atoms with E-state index in [1.807, 2.05) is 0 Å². The van der Waals surface area contributed by atoms with Crippen LogP contribution in [0.2, 0.25) is 5.02 Å². The molecule has 13 heteroatoms. The van der Waals surface area contributed by atoms with Crippen LogP contribution < -0.4 is 14.9 Å². The first-order valence-electron chi connectivity index (χ1n) is 9.05. The monoisotopic (exact) mass is 496 g/mol. The Morgan fingerprint density at radius 1 is 1.09 bits per heavy atom. The molecule has 0 saturated heterocycles. The van der Waals surface area contributed by atoms with Crippen molar-refractivity contribution in [3.63, 3.8) is 0 Å². The molecular formula is C20H15ClF2N4O5S. The Hall–Kier alpha value is -3.77. The molecule has 0 aliphatic heterocycles. The van der Waals surface area contributed by atoms with Gasteiger partial charge in [-0.1, -0.05) is 17.7 Å². The molecule has 0 saturated carbocycles. The number of hydrogen-bond donors (Lipinski definition) is 2. The number of hydrazone groups is 1. The number of nitro benzene ring substituents is 1. The Balaban J connectivity index is 1.77. The Bertz CT molecular complexity index is 1290. The number of hydrogen-bond acceptors (Lipinski definition) is 7. The van der Waals surface area contributed by atoms with Crippen LogP contribution in [0, 0.1) is 10.1 Å². The van der Waals surface area contributed by atoms with Gasteiger partial charge in [0.15, 0.2) is 0 Å². The molecule has 3 aromatic carbocycles. The van der Waals surface area contributed by atoms with Crippen molar-refractivity contribution in [2.75, 3.05) is 10.1 Å². The van der Waals surface area contributed by atoms with Crippen molar-refractivity contribution >= 4 is 44.9 Å². The normalized spacial score (nSPS) is 11.5. The van der Waals surface area contributed by atoms with E-state index in [0.29, 0.717) is 10.6 Å². The number of benzene rings is 3. The molecule has 0 aliphatic rings. The topological polar surface area (TPSA) is 123 Å². The molecule has 0 fully saturated rings. The summed E-state index contributed by atoms with van der Waals surface area (Å²) in [4.78, 5) is 10.4. The number of rotatable bonds is 9. The highest BCUT2D eigenvalue weighted by molar-refractivity contribution is 7.92. The van der Waals surface area contributed by atoms with E-state index in [1.165, 1.54) is 54.7 Å². The third kappa shape index (κ3) is 6.60. The van der Waals surface area contributed by atoms with Crippen LogP contribution in [0.5, 0.6) is 5.75 Å². The van der Waals surface area contributed by atoms with Gasteiger partial charge in [0.1, 0.15) is 11.4 Å². The molecule has 33 heavy (non-hydrogen) atoms. The van der Waals surface area contributed by atoms with Crippen LogP contribution in [0.1, 0.15) is 5.56 Å². The molecule has 0 aromatic heterocycles. The van der Waals surface area contributed by atoms with Crippen LogP contribution in [0.15, 0.2) is 76.7 Å². The molecule has 2 N–H and O–H groups in total. The van der Waals surface area contributed by atoms with Crippen LogP contribution >= 0.6 is 11.6 Å². The highest BCUT2D eigenvalue weighted by atomic mass is 35.5. The molecule has 0 radical (unpaired) electrons. The summed E-state index contributed by atoms with van der Waals surface area (Å²) < 4.78 is 56.1. The van der Waals surface area contributed by atoms with E-state index in [-0.39, 0.29) is 22.0 Å². The maximum Gasteiger partial charge on any atom is 0.387 e. The van der Waals surface area contributed by atoms with Gasteiger partial charge in [-0.15, -0.1) is 0 Å². The molecule has 0 amide bonds. The van der Waals surface area contributed by atoms with Gasteiger partial charge < -0.3 is 4.74 Å². The first-order chi connectivity index (χ1) is 15.6. The van der Waals surface area contributed by atoms with Crippen molar-refractivity contribution in [2.24, 2.45) is 5.10 Å². The molecular weight excluding hydrogens is 482 g/mol. The molecule has 0 unspecified atom stereocenters. The summed E-state index contributed by atoms with van der Waals surface area (Å²) in [5, 5.41) is 15.6. The fourth-order valence-corrected chi connectivity index (χ4v) is 3.86. The van der Waals surface area contributed by atoms with Crippen LogP contribution in [0.25, 0.3) is 0 Å². The average Bonchev–Trinajstić information content (AvgIpc) is 2.74. The van der Waals surface area contributed by atoms with Gasteiger partial charge in [-0.3, -0.25) is 20.3 Å². The smallest absolute Gasteiger partial charge is 0.387 e. The first kappa shape index (κ1) is 23.9. The van der Waals surface area contributed by atoms with E-state index in [2.05, 4.69) is 20.0 Å². The lowest BCUT2D eigenvalue weighted by Crippen LogP contribution is -2.13. The van der Waals surface area contributed by atoms with Gasteiger partial charge in [0.25, 0.3) is 15.7 Å². The minimum absolute atomic E-state index is 0.0334.